The first-order chi connectivity index (χ1) is 10.1. The SMILES string of the molecule is Cc1cccc(OCCC(=O)N2CCCCC2C(=O)O)c1. The summed E-state index contributed by atoms with van der Waals surface area (Å²) in [5.74, 6) is -0.325. The van der Waals surface area contributed by atoms with Crippen molar-refractivity contribution in [1.29, 1.82) is 0 Å². The molecule has 1 N–H and O–H groups in total. The summed E-state index contributed by atoms with van der Waals surface area (Å²) in [5.41, 5.74) is 1.10. The third-order valence-corrected chi connectivity index (χ3v) is 3.68. The predicted molar refractivity (Wildman–Crippen MR) is 78.3 cm³/mol. The normalized spacial score (nSPS) is 18.3. The van der Waals surface area contributed by atoms with Crippen LogP contribution in [-0.2, 0) is 9.59 Å². The molecule has 0 radical (unpaired) electrons. The Morgan fingerprint density at radius 2 is 2.19 bits per heavy atom. The largest absolute Gasteiger partial charge is 0.493 e. The summed E-state index contributed by atoms with van der Waals surface area (Å²) < 4.78 is 5.55. The van der Waals surface area contributed by atoms with Crippen molar-refractivity contribution in [1.82, 2.24) is 4.90 Å². The molecule has 0 aliphatic carbocycles. The molecule has 0 bridgehead atoms. The molecule has 2 rings (SSSR count). The fraction of sp³-hybridized carbons (Fsp3) is 0.500. The molecule has 5 nitrogen and oxygen atoms in total. The van der Waals surface area contributed by atoms with Crippen molar-refractivity contribution in [3.05, 3.63) is 29.8 Å². The van der Waals surface area contributed by atoms with Crippen molar-refractivity contribution >= 4 is 11.9 Å². The van der Waals surface area contributed by atoms with Crippen LogP contribution >= 0.6 is 0 Å². The lowest BCUT2D eigenvalue weighted by atomic mass is 10.0. The second-order valence-corrected chi connectivity index (χ2v) is 5.35. The van der Waals surface area contributed by atoms with E-state index in [9.17, 15) is 9.59 Å². The average Bonchev–Trinajstić information content (AvgIpc) is 2.47. The summed E-state index contributed by atoms with van der Waals surface area (Å²) in [4.78, 5) is 24.8. The van der Waals surface area contributed by atoms with Crippen molar-refractivity contribution < 1.29 is 19.4 Å². The minimum Gasteiger partial charge on any atom is -0.493 e. The zero-order valence-corrected chi connectivity index (χ0v) is 12.2. The molecule has 0 saturated carbocycles. The average molecular weight is 291 g/mol. The van der Waals surface area contributed by atoms with Gasteiger partial charge in [0.15, 0.2) is 0 Å². The van der Waals surface area contributed by atoms with Crippen molar-refractivity contribution in [2.45, 2.75) is 38.6 Å². The van der Waals surface area contributed by atoms with Gasteiger partial charge in [-0.2, -0.15) is 0 Å². The molecular formula is C16H21NO4. The number of ether oxygens (including phenoxy) is 1. The molecule has 5 heteroatoms. The Kier molecular flexibility index (Phi) is 5.20. The number of carbonyl (C=O) groups excluding carboxylic acids is 1. The lowest BCUT2D eigenvalue weighted by Gasteiger charge is -2.33. The maximum atomic E-state index is 12.2. The second-order valence-electron chi connectivity index (χ2n) is 5.35. The Hall–Kier alpha value is -2.04. The zero-order valence-electron chi connectivity index (χ0n) is 12.2. The molecule has 1 aliphatic heterocycles. The molecule has 1 fully saturated rings. The van der Waals surface area contributed by atoms with Gasteiger partial charge in [0, 0.05) is 6.54 Å². The number of hydrogen-bond acceptors (Lipinski definition) is 3. The number of carboxylic acid groups (broad SMARTS) is 1. The van der Waals surface area contributed by atoms with Gasteiger partial charge in [-0.3, -0.25) is 4.79 Å². The quantitative estimate of drug-likeness (QED) is 0.903. The number of benzene rings is 1. The van der Waals surface area contributed by atoms with E-state index in [1.54, 1.807) is 0 Å². The van der Waals surface area contributed by atoms with E-state index in [1.807, 2.05) is 31.2 Å². The highest BCUT2D eigenvalue weighted by Gasteiger charge is 2.31. The van der Waals surface area contributed by atoms with Crippen LogP contribution in [0, 0.1) is 6.92 Å². The van der Waals surface area contributed by atoms with Gasteiger partial charge >= 0.3 is 5.97 Å². The van der Waals surface area contributed by atoms with Gasteiger partial charge in [0.2, 0.25) is 5.91 Å². The first kappa shape index (κ1) is 15.4. The van der Waals surface area contributed by atoms with Crippen LogP contribution in [0.4, 0.5) is 0 Å². The van der Waals surface area contributed by atoms with Gasteiger partial charge in [-0.05, 0) is 43.9 Å². The second kappa shape index (κ2) is 7.11. The Morgan fingerprint density at radius 3 is 2.90 bits per heavy atom. The summed E-state index contributed by atoms with van der Waals surface area (Å²) in [5, 5.41) is 9.17. The van der Waals surface area contributed by atoms with Crippen LogP contribution in [0.2, 0.25) is 0 Å². The number of hydrogen-bond donors (Lipinski definition) is 1. The van der Waals surface area contributed by atoms with Crippen molar-refractivity contribution in [2.24, 2.45) is 0 Å². The molecule has 1 saturated heterocycles. The molecule has 1 aromatic rings. The van der Waals surface area contributed by atoms with Gasteiger partial charge in [0.1, 0.15) is 11.8 Å². The molecule has 1 aliphatic rings. The predicted octanol–water partition coefficient (Wildman–Crippen LogP) is 2.23. The highest BCUT2D eigenvalue weighted by atomic mass is 16.5. The van der Waals surface area contributed by atoms with Crippen molar-refractivity contribution in [3.8, 4) is 5.75 Å². The van der Waals surface area contributed by atoms with E-state index in [0.717, 1.165) is 24.2 Å². The number of aliphatic carboxylic acids is 1. The summed E-state index contributed by atoms with van der Waals surface area (Å²) in [7, 11) is 0. The lowest BCUT2D eigenvalue weighted by Crippen LogP contribution is -2.48. The molecule has 1 unspecified atom stereocenters. The van der Waals surface area contributed by atoms with Gasteiger partial charge in [-0.15, -0.1) is 0 Å². The van der Waals surface area contributed by atoms with Crippen molar-refractivity contribution in [3.63, 3.8) is 0 Å². The highest BCUT2D eigenvalue weighted by Crippen LogP contribution is 2.18. The van der Waals surface area contributed by atoms with E-state index >= 15 is 0 Å². The number of rotatable bonds is 5. The Morgan fingerprint density at radius 1 is 1.38 bits per heavy atom. The van der Waals surface area contributed by atoms with Crippen LogP contribution in [0.3, 0.4) is 0 Å². The number of nitrogens with zero attached hydrogens (tertiary/aromatic N) is 1. The Labute approximate surface area is 124 Å². The third kappa shape index (κ3) is 4.21. The number of carbonyl (C=O) groups is 2. The Bertz CT molecular complexity index is 515. The standard InChI is InChI=1S/C16H21NO4/c1-12-5-4-6-13(11-12)21-10-8-15(18)17-9-3-2-7-14(17)16(19)20/h4-6,11,14H,2-3,7-10H2,1H3,(H,19,20). The summed E-state index contributed by atoms with van der Waals surface area (Å²) >= 11 is 0. The van der Waals surface area contributed by atoms with E-state index < -0.39 is 12.0 Å². The topological polar surface area (TPSA) is 66.8 Å². The smallest absolute Gasteiger partial charge is 0.326 e. The summed E-state index contributed by atoms with van der Waals surface area (Å²) in [6.07, 6.45) is 2.48. The monoisotopic (exact) mass is 291 g/mol. The molecule has 1 heterocycles. The van der Waals surface area contributed by atoms with E-state index in [4.69, 9.17) is 9.84 Å². The fourth-order valence-electron chi connectivity index (χ4n) is 2.59. The minimum absolute atomic E-state index is 0.144. The fourth-order valence-corrected chi connectivity index (χ4v) is 2.59. The molecule has 0 aromatic heterocycles. The van der Waals surface area contributed by atoms with Crippen LogP contribution in [-0.4, -0.2) is 41.1 Å². The van der Waals surface area contributed by atoms with Gasteiger partial charge in [0.25, 0.3) is 0 Å². The third-order valence-electron chi connectivity index (χ3n) is 3.68. The number of carboxylic acids is 1. The molecule has 21 heavy (non-hydrogen) atoms. The molecular weight excluding hydrogens is 270 g/mol. The first-order valence-electron chi connectivity index (χ1n) is 7.29. The van der Waals surface area contributed by atoms with Crippen molar-refractivity contribution in [2.75, 3.05) is 13.2 Å². The minimum atomic E-state index is -0.914. The van der Waals surface area contributed by atoms with Gasteiger partial charge in [-0.25, -0.2) is 4.79 Å². The molecule has 1 atom stereocenters. The van der Waals surface area contributed by atoms with Gasteiger partial charge in [-0.1, -0.05) is 12.1 Å². The zero-order chi connectivity index (χ0) is 15.2. The van der Waals surface area contributed by atoms with Gasteiger partial charge < -0.3 is 14.7 Å². The summed E-state index contributed by atoms with van der Waals surface area (Å²) in [6, 6.07) is 6.95. The maximum absolute atomic E-state index is 12.2. The number of likely N-dealkylation sites (tertiary alicyclic amines) is 1. The molecule has 114 valence electrons. The molecule has 1 aromatic carbocycles. The number of aryl methyl sites for hydroxylation is 1. The van der Waals surface area contributed by atoms with E-state index in [2.05, 4.69) is 0 Å². The van der Waals surface area contributed by atoms with E-state index in [1.165, 1.54) is 4.90 Å². The van der Waals surface area contributed by atoms with Crippen LogP contribution in [0.15, 0.2) is 24.3 Å². The van der Waals surface area contributed by atoms with Crippen LogP contribution in [0.5, 0.6) is 5.75 Å². The Balaban J connectivity index is 1.84. The van der Waals surface area contributed by atoms with Crippen LogP contribution in [0.1, 0.15) is 31.2 Å². The van der Waals surface area contributed by atoms with E-state index in [0.29, 0.717) is 13.0 Å². The number of amides is 1. The first-order valence-corrected chi connectivity index (χ1v) is 7.29. The van der Waals surface area contributed by atoms with Gasteiger partial charge in [0.05, 0.1) is 13.0 Å². The molecule has 1 amide bonds. The van der Waals surface area contributed by atoms with Crippen LogP contribution in [0.25, 0.3) is 0 Å². The summed E-state index contributed by atoms with van der Waals surface area (Å²) in [6.45, 7) is 2.77. The lowest BCUT2D eigenvalue weighted by molar-refractivity contribution is -0.152. The highest BCUT2D eigenvalue weighted by molar-refractivity contribution is 5.83. The maximum Gasteiger partial charge on any atom is 0.326 e. The van der Waals surface area contributed by atoms with Crippen LogP contribution < -0.4 is 4.74 Å². The molecule has 0 spiro atoms. The number of piperidine rings is 1. The van der Waals surface area contributed by atoms with E-state index in [-0.39, 0.29) is 18.9 Å².